The van der Waals surface area contributed by atoms with Crippen LogP contribution >= 0.6 is 15.9 Å². The highest BCUT2D eigenvalue weighted by Gasteiger charge is 2.00. The Morgan fingerprint density at radius 1 is 1.35 bits per heavy atom. The number of nitrogens with zero attached hydrogens (tertiary/aromatic N) is 1. The smallest absolute Gasteiger partial charge is 0.315 e. The highest BCUT2D eigenvalue weighted by atomic mass is 79.9. The molecule has 0 aliphatic carbocycles. The first-order chi connectivity index (χ1) is 8.08. The molecule has 0 unspecified atom stereocenters. The fraction of sp³-hybridized carbons (Fsp3) is 0.417. The molecule has 0 atom stereocenters. The van der Waals surface area contributed by atoms with Crippen molar-refractivity contribution in [1.82, 2.24) is 15.5 Å². The highest BCUT2D eigenvalue weighted by Crippen LogP contribution is 2.11. The zero-order valence-electron chi connectivity index (χ0n) is 10.2. The third kappa shape index (κ3) is 6.28. The van der Waals surface area contributed by atoms with Crippen LogP contribution in [0.15, 0.2) is 28.7 Å². The zero-order chi connectivity index (χ0) is 12.7. The Hall–Kier alpha value is -1.07. The molecule has 0 aromatic heterocycles. The van der Waals surface area contributed by atoms with Crippen molar-refractivity contribution in [2.24, 2.45) is 0 Å². The van der Waals surface area contributed by atoms with Gasteiger partial charge < -0.3 is 15.5 Å². The van der Waals surface area contributed by atoms with Crippen molar-refractivity contribution in [3.8, 4) is 0 Å². The minimum Gasteiger partial charge on any atom is -0.337 e. The van der Waals surface area contributed by atoms with Crippen LogP contribution in [0.1, 0.15) is 5.56 Å². The molecule has 0 radical (unpaired) electrons. The summed E-state index contributed by atoms with van der Waals surface area (Å²) in [6.45, 7) is 2.02. The second kappa shape index (κ2) is 7.29. The molecular weight excluding hydrogens is 282 g/mol. The highest BCUT2D eigenvalue weighted by molar-refractivity contribution is 9.10. The van der Waals surface area contributed by atoms with Crippen LogP contribution in [0.5, 0.6) is 0 Å². The molecule has 0 saturated heterocycles. The number of benzene rings is 1. The molecule has 0 fully saturated rings. The van der Waals surface area contributed by atoms with Crippen LogP contribution in [0.2, 0.25) is 0 Å². The summed E-state index contributed by atoms with van der Waals surface area (Å²) in [5.74, 6) is 0. The van der Waals surface area contributed by atoms with Gasteiger partial charge in [-0.25, -0.2) is 4.79 Å². The van der Waals surface area contributed by atoms with Gasteiger partial charge in [0.05, 0.1) is 0 Å². The van der Waals surface area contributed by atoms with Gasteiger partial charge in [-0.2, -0.15) is 0 Å². The van der Waals surface area contributed by atoms with Crippen LogP contribution < -0.4 is 10.6 Å². The first-order valence-corrected chi connectivity index (χ1v) is 6.28. The number of likely N-dealkylation sites (N-methyl/N-ethyl adjacent to an activating group) is 1. The van der Waals surface area contributed by atoms with Gasteiger partial charge in [0.1, 0.15) is 0 Å². The molecular formula is C12H18BrN3O. The van der Waals surface area contributed by atoms with E-state index < -0.39 is 0 Å². The standard InChI is InChI=1S/C12H18BrN3O/c1-16(2)7-6-14-12(17)15-9-10-4-3-5-11(13)8-10/h3-5,8H,6-7,9H2,1-2H3,(H2,14,15,17). The van der Waals surface area contributed by atoms with E-state index in [-0.39, 0.29) is 6.03 Å². The van der Waals surface area contributed by atoms with Gasteiger partial charge in [-0.15, -0.1) is 0 Å². The first kappa shape index (κ1) is 14.0. The molecule has 5 heteroatoms. The predicted molar refractivity (Wildman–Crippen MR) is 72.9 cm³/mol. The molecule has 1 rings (SSSR count). The van der Waals surface area contributed by atoms with Crippen molar-refractivity contribution in [2.45, 2.75) is 6.54 Å². The third-order valence-electron chi connectivity index (χ3n) is 2.19. The normalized spacial score (nSPS) is 10.4. The Balaban J connectivity index is 2.24. The molecule has 94 valence electrons. The summed E-state index contributed by atoms with van der Waals surface area (Å²) in [6.07, 6.45) is 0. The summed E-state index contributed by atoms with van der Waals surface area (Å²) in [5, 5.41) is 5.61. The molecule has 0 aliphatic heterocycles. The first-order valence-electron chi connectivity index (χ1n) is 5.49. The van der Waals surface area contributed by atoms with Gasteiger partial charge in [0.2, 0.25) is 0 Å². The Morgan fingerprint density at radius 3 is 2.76 bits per heavy atom. The zero-order valence-corrected chi connectivity index (χ0v) is 11.8. The Bertz CT molecular complexity index is 369. The largest absolute Gasteiger partial charge is 0.337 e. The quantitative estimate of drug-likeness (QED) is 0.871. The maximum absolute atomic E-state index is 11.4. The van der Waals surface area contributed by atoms with Gasteiger partial charge in [-0.3, -0.25) is 0 Å². The van der Waals surface area contributed by atoms with E-state index in [1.54, 1.807) is 0 Å². The molecule has 1 aromatic rings. The van der Waals surface area contributed by atoms with Gasteiger partial charge in [-0.1, -0.05) is 28.1 Å². The lowest BCUT2D eigenvalue weighted by Crippen LogP contribution is -2.38. The van der Waals surface area contributed by atoms with Crippen LogP contribution in [0.25, 0.3) is 0 Å². The molecule has 0 heterocycles. The van der Waals surface area contributed by atoms with Crippen molar-refractivity contribution >= 4 is 22.0 Å². The van der Waals surface area contributed by atoms with E-state index in [0.717, 1.165) is 16.6 Å². The second-order valence-corrected chi connectivity index (χ2v) is 4.96. The number of carbonyl (C=O) groups excluding carboxylic acids is 1. The van der Waals surface area contributed by atoms with E-state index in [1.165, 1.54) is 0 Å². The molecule has 4 nitrogen and oxygen atoms in total. The SMILES string of the molecule is CN(C)CCNC(=O)NCc1cccc(Br)c1. The number of nitrogens with one attached hydrogen (secondary N) is 2. The number of carbonyl (C=O) groups is 1. The van der Waals surface area contributed by atoms with Gasteiger partial charge in [0.15, 0.2) is 0 Å². The molecule has 0 saturated carbocycles. The van der Waals surface area contributed by atoms with Crippen molar-refractivity contribution in [2.75, 3.05) is 27.2 Å². The minimum absolute atomic E-state index is 0.133. The van der Waals surface area contributed by atoms with Crippen LogP contribution in [0.3, 0.4) is 0 Å². The van der Waals surface area contributed by atoms with E-state index >= 15 is 0 Å². The van der Waals surface area contributed by atoms with Crippen molar-refractivity contribution < 1.29 is 4.79 Å². The number of urea groups is 1. The van der Waals surface area contributed by atoms with E-state index in [1.807, 2.05) is 43.3 Å². The van der Waals surface area contributed by atoms with Crippen molar-refractivity contribution in [1.29, 1.82) is 0 Å². The Kier molecular flexibility index (Phi) is 6.00. The summed E-state index contributed by atoms with van der Waals surface area (Å²) in [7, 11) is 3.95. The molecule has 2 amide bonds. The third-order valence-corrected chi connectivity index (χ3v) is 2.68. The molecule has 0 bridgehead atoms. The molecule has 0 aliphatic rings. The lowest BCUT2D eigenvalue weighted by molar-refractivity contribution is 0.239. The average molecular weight is 300 g/mol. The summed E-state index contributed by atoms with van der Waals surface area (Å²) < 4.78 is 1.02. The lowest BCUT2D eigenvalue weighted by atomic mass is 10.2. The number of hydrogen-bond donors (Lipinski definition) is 2. The van der Waals surface area contributed by atoms with Gasteiger partial charge >= 0.3 is 6.03 Å². The molecule has 1 aromatic carbocycles. The van der Waals surface area contributed by atoms with Gasteiger partial charge in [0.25, 0.3) is 0 Å². The predicted octanol–water partition coefficient (Wildman–Crippen LogP) is 1.81. The van der Waals surface area contributed by atoms with Crippen LogP contribution in [0.4, 0.5) is 4.79 Å². The van der Waals surface area contributed by atoms with Crippen molar-refractivity contribution in [3.05, 3.63) is 34.3 Å². The number of hydrogen-bond acceptors (Lipinski definition) is 2. The summed E-state index contributed by atoms with van der Waals surface area (Å²) >= 11 is 3.39. The van der Waals surface area contributed by atoms with Crippen molar-refractivity contribution in [3.63, 3.8) is 0 Å². The van der Waals surface area contributed by atoms with Gasteiger partial charge in [-0.05, 0) is 31.8 Å². The summed E-state index contributed by atoms with van der Waals surface area (Å²) in [6, 6.07) is 7.74. The maximum Gasteiger partial charge on any atom is 0.315 e. The topological polar surface area (TPSA) is 44.4 Å². The minimum atomic E-state index is -0.133. The number of amides is 2. The Morgan fingerprint density at radius 2 is 2.12 bits per heavy atom. The van der Waals surface area contributed by atoms with E-state index in [2.05, 4.69) is 26.6 Å². The van der Waals surface area contributed by atoms with E-state index in [9.17, 15) is 4.79 Å². The van der Waals surface area contributed by atoms with E-state index in [0.29, 0.717) is 13.1 Å². The van der Waals surface area contributed by atoms with E-state index in [4.69, 9.17) is 0 Å². The summed E-state index contributed by atoms with van der Waals surface area (Å²) in [4.78, 5) is 13.5. The number of halogens is 1. The fourth-order valence-electron chi connectivity index (χ4n) is 1.28. The average Bonchev–Trinajstić information content (AvgIpc) is 2.26. The molecule has 0 spiro atoms. The fourth-order valence-corrected chi connectivity index (χ4v) is 1.73. The summed E-state index contributed by atoms with van der Waals surface area (Å²) in [5.41, 5.74) is 1.07. The van der Waals surface area contributed by atoms with Crippen LogP contribution in [-0.4, -0.2) is 38.1 Å². The van der Waals surface area contributed by atoms with Crippen LogP contribution in [0, 0.1) is 0 Å². The number of rotatable bonds is 5. The molecule has 17 heavy (non-hydrogen) atoms. The maximum atomic E-state index is 11.4. The molecule has 2 N–H and O–H groups in total. The lowest BCUT2D eigenvalue weighted by Gasteiger charge is -2.11. The Labute approximate surface area is 111 Å². The van der Waals surface area contributed by atoms with Crippen LogP contribution in [-0.2, 0) is 6.54 Å². The van der Waals surface area contributed by atoms with Gasteiger partial charge in [0, 0.05) is 24.1 Å². The second-order valence-electron chi connectivity index (χ2n) is 4.04. The monoisotopic (exact) mass is 299 g/mol.